The van der Waals surface area contributed by atoms with E-state index in [2.05, 4.69) is 27.9 Å². The van der Waals surface area contributed by atoms with E-state index in [0.29, 0.717) is 6.42 Å². The number of nitrogens with zero attached hydrogens (tertiary/aromatic N) is 1. The number of nitrogens with one attached hydrogen (secondary N) is 1. The zero-order chi connectivity index (χ0) is 26.7. The van der Waals surface area contributed by atoms with Crippen LogP contribution in [0.5, 0.6) is 0 Å². The van der Waals surface area contributed by atoms with Crippen molar-refractivity contribution in [2.75, 3.05) is 6.54 Å². The number of hydrogen-bond donors (Lipinski definition) is 2. The molecule has 2 unspecified atom stereocenters. The highest BCUT2D eigenvalue weighted by atomic mass is 127. The molecular weight excluding hydrogens is 650 g/mol. The number of carboxylic acid groups (broad SMARTS) is 1. The molecule has 1 amide bonds. The average Bonchev–Trinajstić information content (AvgIpc) is 3.31. The fourth-order valence-corrected chi connectivity index (χ4v) is 7.25. The van der Waals surface area contributed by atoms with Gasteiger partial charge in [0.1, 0.15) is 12.1 Å². The van der Waals surface area contributed by atoms with Crippen LogP contribution in [0.2, 0.25) is 10.0 Å². The van der Waals surface area contributed by atoms with Gasteiger partial charge in [0, 0.05) is 32.5 Å². The van der Waals surface area contributed by atoms with Crippen LogP contribution in [0.3, 0.4) is 0 Å². The quantitative estimate of drug-likeness (QED) is 0.330. The molecule has 2 N–H and O–H groups in total. The van der Waals surface area contributed by atoms with Gasteiger partial charge in [-0.05, 0) is 70.5 Å². The van der Waals surface area contributed by atoms with E-state index in [9.17, 15) is 23.1 Å². The lowest BCUT2D eigenvalue weighted by molar-refractivity contribution is -0.142. The van der Waals surface area contributed by atoms with Gasteiger partial charge in [0.2, 0.25) is 15.9 Å². The van der Waals surface area contributed by atoms with Crippen LogP contribution in [0.4, 0.5) is 0 Å². The fourth-order valence-electron chi connectivity index (χ4n) is 4.52. The lowest BCUT2D eigenvalue weighted by atomic mass is 9.91. The molecule has 0 spiro atoms. The molecule has 3 aromatic rings. The number of carbonyl (C=O) groups is 2. The van der Waals surface area contributed by atoms with Crippen LogP contribution in [-0.4, -0.2) is 48.3 Å². The predicted molar refractivity (Wildman–Crippen MR) is 150 cm³/mol. The lowest BCUT2D eigenvalue weighted by Gasteiger charge is -2.28. The summed E-state index contributed by atoms with van der Waals surface area (Å²) in [7, 11) is -4.18. The highest BCUT2D eigenvalue weighted by molar-refractivity contribution is 14.1. The number of sulfonamides is 1. The van der Waals surface area contributed by atoms with E-state index in [4.69, 9.17) is 23.2 Å². The normalized spacial score (nSPS) is 18.9. The van der Waals surface area contributed by atoms with E-state index in [-0.39, 0.29) is 27.9 Å². The SMILES string of the molecule is O=C(O)C(Cc1ccc(I)cc1)NC(=O)C1[C@@H](c2ccccc2)CCN1S(=O)(=O)c1cc(Cl)cc(Cl)c1. The lowest BCUT2D eigenvalue weighted by Crippen LogP contribution is -2.52. The Morgan fingerprint density at radius 1 is 1.03 bits per heavy atom. The van der Waals surface area contributed by atoms with E-state index in [0.717, 1.165) is 19.0 Å². The number of halogens is 3. The monoisotopic (exact) mass is 672 g/mol. The molecule has 1 fully saturated rings. The molecule has 4 rings (SSSR count). The Morgan fingerprint density at radius 2 is 1.65 bits per heavy atom. The van der Waals surface area contributed by atoms with Crippen LogP contribution in [0.1, 0.15) is 23.5 Å². The first-order valence-corrected chi connectivity index (χ1v) is 14.6. The fraction of sp³-hybridized carbons (Fsp3) is 0.231. The first-order valence-electron chi connectivity index (χ1n) is 11.4. The molecule has 1 aliphatic rings. The molecule has 0 radical (unpaired) electrons. The van der Waals surface area contributed by atoms with Gasteiger partial charge in [0.15, 0.2) is 0 Å². The van der Waals surface area contributed by atoms with E-state index in [1.54, 1.807) is 12.1 Å². The van der Waals surface area contributed by atoms with Crippen molar-refractivity contribution in [2.45, 2.75) is 35.7 Å². The zero-order valence-corrected chi connectivity index (χ0v) is 23.8. The van der Waals surface area contributed by atoms with Crippen molar-refractivity contribution in [3.63, 3.8) is 0 Å². The van der Waals surface area contributed by atoms with Gasteiger partial charge in [0.25, 0.3) is 0 Å². The van der Waals surface area contributed by atoms with Crippen molar-refractivity contribution in [2.24, 2.45) is 0 Å². The Labute approximate surface area is 239 Å². The van der Waals surface area contributed by atoms with E-state index >= 15 is 0 Å². The minimum atomic E-state index is -4.18. The van der Waals surface area contributed by atoms with Gasteiger partial charge < -0.3 is 10.4 Å². The van der Waals surface area contributed by atoms with Crippen LogP contribution in [0, 0.1) is 3.57 Å². The number of rotatable bonds is 8. The molecule has 194 valence electrons. The third-order valence-electron chi connectivity index (χ3n) is 6.26. The molecule has 0 aliphatic carbocycles. The molecule has 0 bridgehead atoms. The highest BCUT2D eigenvalue weighted by Crippen LogP contribution is 2.38. The molecule has 11 heteroatoms. The van der Waals surface area contributed by atoms with Gasteiger partial charge in [0.05, 0.1) is 4.90 Å². The Hall–Kier alpha value is -2.18. The van der Waals surface area contributed by atoms with Crippen LogP contribution in [0.15, 0.2) is 77.7 Å². The molecule has 1 saturated heterocycles. The number of aliphatic carboxylic acids is 1. The van der Waals surface area contributed by atoms with Gasteiger partial charge in [-0.25, -0.2) is 13.2 Å². The maximum Gasteiger partial charge on any atom is 0.326 e. The van der Waals surface area contributed by atoms with Gasteiger partial charge in [-0.3, -0.25) is 4.79 Å². The number of carbonyl (C=O) groups excluding carboxylic acids is 1. The third-order valence-corrected chi connectivity index (χ3v) is 9.27. The Balaban J connectivity index is 1.68. The standard InChI is InChI=1S/C26H23Cl2IN2O5S/c27-18-13-19(28)15-21(14-18)37(35,36)31-11-10-22(17-4-2-1-3-5-17)24(31)25(32)30-23(26(33)34)12-16-6-8-20(29)9-7-16/h1-9,13-15,22-24H,10-12H2,(H,30,32)(H,33,34)/t22-,23?,24?/m1/s1. The predicted octanol–water partition coefficient (Wildman–Crippen LogP) is 4.96. The molecule has 0 aromatic heterocycles. The number of amides is 1. The Kier molecular flexibility index (Phi) is 8.80. The van der Waals surface area contributed by atoms with Crippen LogP contribution in [0.25, 0.3) is 0 Å². The Bertz CT molecular complexity index is 1380. The van der Waals surface area contributed by atoms with Gasteiger partial charge in [-0.2, -0.15) is 4.31 Å². The second-order valence-electron chi connectivity index (χ2n) is 8.70. The number of benzene rings is 3. The summed E-state index contributed by atoms with van der Waals surface area (Å²) in [5.74, 6) is -2.36. The van der Waals surface area contributed by atoms with Gasteiger partial charge in [-0.15, -0.1) is 0 Å². The first kappa shape index (κ1) is 27.8. The maximum atomic E-state index is 13.7. The van der Waals surface area contributed by atoms with Crippen LogP contribution in [-0.2, 0) is 26.0 Å². The molecular formula is C26H23Cl2IN2O5S. The largest absolute Gasteiger partial charge is 0.480 e. The molecule has 0 saturated carbocycles. The molecule has 7 nitrogen and oxygen atoms in total. The maximum absolute atomic E-state index is 13.7. The topological polar surface area (TPSA) is 104 Å². The minimum Gasteiger partial charge on any atom is -0.480 e. The van der Waals surface area contributed by atoms with Crippen molar-refractivity contribution in [1.29, 1.82) is 0 Å². The second kappa shape index (κ2) is 11.7. The molecule has 1 aliphatic heterocycles. The smallest absolute Gasteiger partial charge is 0.326 e. The second-order valence-corrected chi connectivity index (χ2v) is 12.7. The molecule has 1 heterocycles. The van der Waals surface area contributed by atoms with Crippen molar-refractivity contribution in [3.8, 4) is 0 Å². The summed E-state index contributed by atoms with van der Waals surface area (Å²) in [5, 5.41) is 12.7. The van der Waals surface area contributed by atoms with Crippen LogP contribution < -0.4 is 5.32 Å². The average molecular weight is 673 g/mol. The zero-order valence-electron chi connectivity index (χ0n) is 19.4. The number of hydrogen-bond acceptors (Lipinski definition) is 4. The van der Waals surface area contributed by atoms with E-state index in [1.165, 1.54) is 18.2 Å². The summed E-state index contributed by atoms with van der Waals surface area (Å²) in [5.41, 5.74) is 1.52. The summed E-state index contributed by atoms with van der Waals surface area (Å²) in [6, 6.07) is 18.0. The summed E-state index contributed by atoms with van der Waals surface area (Å²) in [6.07, 6.45) is 0.432. The van der Waals surface area contributed by atoms with E-state index in [1.807, 2.05) is 42.5 Å². The van der Waals surface area contributed by atoms with Crippen molar-refractivity contribution in [3.05, 3.63) is 97.5 Å². The minimum absolute atomic E-state index is 0.0529. The van der Waals surface area contributed by atoms with E-state index < -0.39 is 39.9 Å². The van der Waals surface area contributed by atoms with Gasteiger partial charge in [-0.1, -0.05) is 65.7 Å². The number of carboxylic acids is 1. The highest BCUT2D eigenvalue weighted by Gasteiger charge is 2.47. The first-order chi connectivity index (χ1) is 17.6. The van der Waals surface area contributed by atoms with Crippen LogP contribution >= 0.6 is 45.8 Å². The van der Waals surface area contributed by atoms with Crippen molar-refractivity contribution >= 4 is 67.7 Å². The summed E-state index contributed by atoms with van der Waals surface area (Å²) < 4.78 is 29.5. The molecule has 3 aromatic carbocycles. The van der Waals surface area contributed by atoms with Gasteiger partial charge >= 0.3 is 5.97 Å². The summed E-state index contributed by atoms with van der Waals surface area (Å²) in [6.45, 7) is 0.0684. The summed E-state index contributed by atoms with van der Waals surface area (Å²) in [4.78, 5) is 25.6. The van der Waals surface area contributed by atoms with Crippen molar-refractivity contribution < 1.29 is 23.1 Å². The van der Waals surface area contributed by atoms with Crippen molar-refractivity contribution in [1.82, 2.24) is 9.62 Å². The Morgan fingerprint density at radius 3 is 2.24 bits per heavy atom. The summed E-state index contributed by atoms with van der Waals surface area (Å²) >= 11 is 14.3. The molecule has 37 heavy (non-hydrogen) atoms. The third kappa shape index (κ3) is 6.46. The molecule has 3 atom stereocenters.